The average molecular weight is 217 g/mol. The van der Waals surface area contributed by atoms with Crippen molar-refractivity contribution in [2.24, 2.45) is 4.99 Å². The van der Waals surface area contributed by atoms with Gasteiger partial charge in [0.25, 0.3) is 0 Å². The monoisotopic (exact) mass is 217 g/mol. The minimum absolute atomic E-state index is 0.467. The molecule has 0 radical (unpaired) electrons. The van der Waals surface area contributed by atoms with E-state index in [1.165, 1.54) is 13.2 Å². The van der Waals surface area contributed by atoms with E-state index in [-0.39, 0.29) is 0 Å². The maximum atomic E-state index is 11.8. The zero-order chi connectivity index (χ0) is 11.6. The highest BCUT2D eigenvalue weighted by molar-refractivity contribution is 5.85. The highest BCUT2D eigenvalue weighted by Crippen LogP contribution is 2.40. The van der Waals surface area contributed by atoms with Gasteiger partial charge in [0, 0.05) is 0 Å². The lowest BCUT2D eigenvalue weighted by molar-refractivity contribution is -0.147. The van der Waals surface area contributed by atoms with Crippen molar-refractivity contribution in [2.45, 2.75) is 18.4 Å². The van der Waals surface area contributed by atoms with E-state index in [0.29, 0.717) is 6.42 Å². The van der Waals surface area contributed by atoms with Gasteiger partial charge >= 0.3 is 5.97 Å². The SMILES string of the molecule is COC(=O)[C@]1(N=C=O)CCc2ccccc21. The number of ether oxygens (including phenoxy) is 1. The van der Waals surface area contributed by atoms with Gasteiger partial charge in [-0.3, -0.25) is 0 Å². The van der Waals surface area contributed by atoms with Gasteiger partial charge in [-0.2, -0.15) is 4.99 Å². The molecule has 0 unspecified atom stereocenters. The van der Waals surface area contributed by atoms with E-state index < -0.39 is 11.5 Å². The van der Waals surface area contributed by atoms with Crippen molar-refractivity contribution in [3.8, 4) is 0 Å². The predicted molar refractivity (Wildman–Crippen MR) is 56.6 cm³/mol. The van der Waals surface area contributed by atoms with Crippen LogP contribution < -0.4 is 0 Å². The van der Waals surface area contributed by atoms with Gasteiger partial charge in [0.1, 0.15) is 0 Å². The first-order valence-electron chi connectivity index (χ1n) is 5.00. The largest absolute Gasteiger partial charge is 0.467 e. The number of aliphatic imine (C=N–C) groups is 1. The number of aryl methyl sites for hydroxylation is 1. The lowest BCUT2D eigenvalue weighted by atomic mass is 9.93. The molecule has 0 spiro atoms. The smallest absolute Gasteiger partial charge is 0.339 e. The average Bonchev–Trinajstić information content (AvgIpc) is 2.69. The van der Waals surface area contributed by atoms with Crippen LogP contribution in [-0.2, 0) is 26.3 Å². The van der Waals surface area contributed by atoms with Gasteiger partial charge in [0.2, 0.25) is 6.08 Å². The van der Waals surface area contributed by atoms with Crippen molar-refractivity contribution in [1.29, 1.82) is 0 Å². The quantitative estimate of drug-likeness (QED) is 0.426. The van der Waals surface area contributed by atoms with Crippen LogP contribution in [0.4, 0.5) is 0 Å². The van der Waals surface area contributed by atoms with E-state index in [1.807, 2.05) is 18.2 Å². The standard InChI is InChI=1S/C12H11NO3/c1-16-11(15)12(13-8-14)7-6-9-4-2-3-5-10(9)12/h2-5H,6-7H2,1H3/t12-/m0/s1. The van der Waals surface area contributed by atoms with Gasteiger partial charge in [0.15, 0.2) is 5.54 Å². The summed E-state index contributed by atoms with van der Waals surface area (Å²) in [5.41, 5.74) is 0.615. The Bertz CT molecular complexity index is 477. The molecule has 0 fully saturated rings. The molecule has 1 atom stereocenters. The second-order valence-corrected chi connectivity index (χ2v) is 3.71. The first-order chi connectivity index (χ1) is 7.74. The topological polar surface area (TPSA) is 55.7 Å². The fourth-order valence-corrected chi connectivity index (χ4v) is 2.21. The van der Waals surface area contributed by atoms with Gasteiger partial charge < -0.3 is 4.74 Å². The van der Waals surface area contributed by atoms with Crippen LogP contribution in [-0.4, -0.2) is 19.2 Å². The molecule has 4 heteroatoms. The molecule has 1 aromatic rings. The fourth-order valence-electron chi connectivity index (χ4n) is 2.21. The molecule has 0 saturated heterocycles. The third-order valence-corrected chi connectivity index (χ3v) is 2.98. The number of methoxy groups -OCH3 is 1. The van der Waals surface area contributed by atoms with Gasteiger partial charge in [-0.05, 0) is 24.0 Å². The number of rotatable bonds is 2. The van der Waals surface area contributed by atoms with E-state index in [9.17, 15) is 9.59 Å². The summed E-state index contributed by atoms with van der Waals surface area (Å²) >= 11 is 0. The zero-order valence-electron chi connectivity index (χ0n) is 8.90. The Balaban J connectivity index is 2.60. The van der Waals surface area contributed by atoms with E-state index >= 15 is 0 Å². The molecule has 0 N–H and O–H groups in total. The molecule has 0 aromatic heterocycles. The third-order valence-electron chi connectivity index (χ3n) is 2.98. The molecule has 4 nitrogen and oxygen atoms in total. The van der Waals surface area contributed by atoms with Crippen LogP contribution in [0.1, 0.15) is 17.5 Å². The van der Waals surface area contributed by atoms with Crippen molar-refractivity contribution in [3.05, 3.63) is 35.4 Å². The predicted octanol–water partition coefficient (Wildman–Crippen LogP) is 1.34. The first-order valence-corrected chi connectivity index (χ1v) is 5.00. The summed E-state index contributed by atoms with van der Waals surface area (Å²) in [6.45, 7) is 0. The van der Waals surface area contributed by atoms with Crippen LogP contribution in [0, 0.1) is 0 Å². The Kier molecular flexibility index (Phi) is 2.59. The summed E-state index contributed by atoms with van der Waals surface area (Å²) in [5.74, 6) is -0.499. The van der Waals surface area contributed by atoms with Gasteiger partial charge in [0.05, 0.1) is 7.11 Å². The molecular formula is C12H11NO3. The number of esters is 1. The van der Waals surface area contributed by atoms with Gasteiger partial charge in [-0.25, -0.2) is 9.59 Å². The van der Waals surface area contributed by atoms with Crippen LogP contribution in [0.3, 0.4) is 0 Å². The number of hydrogen-bond donors (Lipinski definition) is 0. The molecule has 1 aliphatic rings. The molecular weight excluding hydrogens is 206 g/mol. The molecule has 2 rings (SSSR count). The highest BCUT2D eigenvalue weighted by atomic mass is 16.5. The Hall–Kier alpha value is -1.93. The lowest BCUT2D eigenvalue weighted by Gasteiger charge is -2.20. The van der Waals surface area contributed by atoms with Crippen molar-refractivity contribution in [1.82, 2.24) is 0 Å². The van der Waals surface area contributed by atoms with Crippen LogP contribution in [0.2, 0.25) is 0 Å². The summed E-state index contributed by atoms with van der Waals surface area (Å²) in [6.07, 6.45) is 2.67. The summed E-state index contributed by atoms with van der Waals surface area (Å²) in [4.78, 5) is 26.0. The Morgan fingerprint density at radius 2 is 2.25 bits per heavy atom. The van der Waals surface area contributed by atoms with E-state index in [0.717, 1.165) is 17.5 Å². The molecule has 0 heterocycles. The number of hydrogen-bond acceptors (Lipinski definition) is 4. The second kappa shape index (κ2) is 3.91. The van der Waals surface area contributed by atoms with Crippen LogP contribution >= 0.6 is 0 Å². The summed E-state index contributed by atoms with van der Waals surface area (Å²) in [5, 5.41) is 0. The number of carbonyl (C=O) groups is 1. The molecule has 16 heavy (non-hydrogen) atoms. The summed E-state index contributed by atoms with van der Waals surface area (Å²) in [7, 11) is 1.30. The van der Waals surface area contributed by atoms with Crippen LogP contribution in [0.5, 0.6) is 0 Å². The fraction of sp³-hybridized carbons (Fsp3) is 0.333. The molecule has 0 saturated carbocycles. The normalized spacial score (nSPS) is 22.1. The van der Waals surface area contributed by atoms with E-state index in [4.69, 9.17) is 4.74 Å². The Morgan fingerprint density at radius 1 is 1.50 bits per heavy atom. The molecule has 0 amide bonds. The highest BCUT2D eigenvalue weighted by Gasteiger charge is 2.46. The minimum Gasteiger partial charge on any atom is -0.467 e. The zero-order valence-corrected chi connectivity index (χ0v) is 8.90. The Morgan fingerprint density at radius 3 is 2.94 bits per heavy atom. The maximum Gasteiger partial charge on any atom is 0.339 e. The number of carbonyl (C=O) groups excluding carboxylic acids is 2. The molecule has 0 bridgehead atoms. The molecule has 0 aliphatic heterocycles. The maximum absolute atomic E-state index is 11.8. The van der Waals surface area contributed by atoms with Crippen LogP contribution in [0.25, 0.3) is 0 Å². The molecule has 1 aliphatic carbocycles. The number of fused-ring (bicyclic) bond motifs is 1. The summed E-state index contributed by atoms with van der Waals surface area (Å²) < 4.78 is 4.74. The minimum atomic E-state index is -1.17. The van der Waals surface area contributed by atoms with Crippen molar-refractivity contribution in [3.63, 3.8) is 0 Å². The van der Waals surface area contributed by atoms with E-state index in [2.05, 4.69) is 4.99 Å². The van der Waals surface area contributed by atoms with Gasteiger partial charge in [-0.15, -0.1) is 0 Å². The number of isocyanates is 1. The summed E-state index contributed by atoms with van der Waals surface area (Å²) in [6, 6.07) is 7.46. The van der Waals surface area contributed by atoms with Crippen LogP contribution in [0.15, 0.2) is 29.3 Å². The van der Waals surface area contributed by atoms with Gasteiger partial charge in [-0.1, -0.05) is 24.3 Å². The lowest BCUT2D eigenvalue weighted by Crippen LogP contribution is -2.32. The number of nitrogens with zero attached hydrogens (tertiary/aromatic N) is 1. The Labute approximate surface area is 92.9 Å². The second-order valence-electron chi connectivity index (χ2n) is 3.71. The first kappa shape index (κ1) is 10.6. The molecule has 82 valence electrons. The van der Waals surface area contributed by atoms with Crippen molar-refractivity contribution >= 4 is 12.0 Å². The third kappa shape index (κ3) is 1.35. The van der Waals surface area contributed by atoms with Crippen molar-refractivity contribution in [2.75, 3.05) is 7.11 Å². The van der Waals surface area contributed by atoms with E-state index in [1.54, 1.807) is 6.07 Å². The molecule has 1 aromatic carbocycles. The number of benzene rings is 1. The van der Waals surface area contributed by atoms with Crippen molar-refractivity contribution < 1.29 is 14.3 Å².